The maximum atomic E-state index is 12.4. The topological polar surface area (TPSA) is 94.8 Å². The average Bonchev–Trinajstić information content (AvgIpc) is 2.73. The minimum Gasteiger partial charge on any atom is -0.372 e. The maximum absolute atomic E-state index is 12.4. The summed E-state index contributed by atoms with van der Waals surface area (Å²) < 4.78 is 0. The van der Waals surface area contributed by atoms with Crippen molar-refractivity contribution in [3.8, 4) is 6.07 Å². The second kappa shape index (κ2) is 8.99. The van der Waals surface area contributed by atoms with E-state index in [9.17, 15) is 4.79 Å². The molecule has 0 saturated heterocycles. The Morgan fingerprint density at radius 2 is 1.97 bits per heavy atom. The fourth-order valence-electron chi connectivity index (χ4n) is 3.72. The van der Waals surface area contributed by atoms with Crippen molar-refractivity contribution in [1.29, 1.82) is 5.26 Å². The number of nitriles is 1. The lowest BCUT2D eigenvalue weighted by atomic mass is 9.90. The predicted molar refractivity (Wildman–Crippen MR) is 112 cm³/mol. The minimum absolute atomic E-state index is 0.140. The molecule has 7 nitrogen and oxygen atoms in total. The van der Waals surface area contributed by atoms with Gasteiger partial charge in [0.1, 0.15) is 0 Å². The Morgan fingerprint density at radius 1 is 1.24 bits per heavy atom. The van der Waals surface area contributed by atoms with Gasteiger partial charge in [-0.2, -0.15) is 5.26 Å². The van der Waals surface area contributed by atoms with E-state index in [0.29, 0.717) is 17.4 Å². The van der Waals surface area contributed by atoms with E-state index < -0.39 is 0 Å². The first-order valence-corrected chi connectivity index (χ1v) is 10.1. The van der Waals surface area contributed by atoms with Crippen LogP contribution in [0.5, 0.6) is 0 Å². The number of aromatic nitrogens is 3. The highest BCUT2D eigenvalue weighted by molar-refractivity contribution is 5.91. The molecule has 3 rings (SSSR count). The maximum Gasteiger partial charge on any atom is 0.273 e. The minimum atomic E-state index is -0.208. The molecule has 2 aromatic rings. The van der Waals surface area contributed by atoms with E-state index in [-0.39, 0.29) is 23.6 Å². The standard InChI is InChI=1S/C22H28N6O/c1-14(2)21-24-13-20(26-27-21)22(29)25-17-6-9-18(10-7-17)28(4)19-8-5-16(12-23)15(3)11-19/h5,8,11,13-14,17-18H,6-7,9-10H2,1-4H3,(H,25,29). The molecule has 0 bridgehead atoms. The Hall–Kier alpha value is -3.01. The Bertz CT molecular complexity index is 895. The van der Waals surface area contributed by atoms with Crippen molar-refractivity contribution in [2.45, 2.75) is 64.5 Å². The summed E-state index contributed by atoms with van der Waals surface area (Å²) in [6.45, 7) is 5.95. The molecule has 1 N–H and O–H groups in total. The highest BCUT2D eigenvalue weighted by Crippen LogP contribution is 2.27. The molecule has 1 aromatic heterocycles. The summed E-state index contributed by atoms with van der Waals surface area (Å²) >= 11 is 0. The Kier molecular flexibility index (Phi) is 6.42. The first-order chi connectivity index (χ1) is 13.9. The number of rotatable bonds is 5. The molecule has 1 heterocycles. The van der Waals surface area contributed by atoms with Crippen LogP contribution in [0.3, 0.4) is 0 Å². The van der Waals surface area contributed by atoms with Crippen LogP contribution >= 0.6 is 0 Å². The smallest absolute Gasteiger partial charge is 0.273 e. The average molecular weight is 393 g/mol. The number of nitrogens with one attached hydrogen (secondary N) is 1. The van der Waals surface area contributed by atoms with Gasteiger partial charge in [-0.3, -0.25) is 4.79 Å². The molecule has 0 aliphatic heterocycles. The number of benzene rings is 1. The molecule has 7 heteroatoms. The van der Waals surface area contributed by atoms with Crippen LogP contribution in [0.2, 0.25) is 0 Å². The highest BCUT2D eigenvalue weighted by atomic mass is 16.2. The molecule has 1 aliphatic carbocycles. The Morgan fingerprint density at radius 3 is 2.52 bits per heavy atom. The van der Waals surface area contributed by atoms with E-state index in [2.05, 4.69) is 44.6 Å². The van der Waals surface area contributed by atoms with Crippen LogP contribution in [0.1, 0.15) is 72.9 Å². The lowest BCUT2D eigenvalue weighted by Crippen LogP contribution is -2.43. The zero-order valence-corrected chi connectivity index (χ0v) is 17.5. The van der Waals surface area contributed by atoms with Gasteiger partial charge in [0, 0.05) is 30.7 Å². The van der Waals surface area contributed by atoms with Crippen molar-refractivity contribution in [2.24, 2.45) is 0 Å². The van der Waals surface area contributed by atoms with Crippen molar-refractivity contribution in [3.05, 3.63) is 47.0 Å². The van der Waals surface area contributed by atoms with E-state index in [1.54, 1.807) is 0 Å². The Balaban J connectivity index is 1.54. The molecule has 1 saturated carbocycles. The number of amides is 1. The van der Waals surface area contributed by atoms with Crippen LogP contribution in [0.15, 0.2) is 24.4 Å². The van der Waals surface area contributed by atoms with Gasteiger partial charge in [-0.05, 0) is 56.4 Å². The van der Waals surface area contributed by atoms with Gasteiger partial charge >= 0.3 is 0 Å². The number of aryl methyl sites for hydroxylation is 1. The highest BCUT2D eigenvalue weighted by Gasteiger charge is 2.26. The van der Waals surface area contributed by atoms with E-state index in [1.165, 1.54) is 6.20 Å². The van der Waals surface area contributed by atoms with Gasteiger partial charge in [-0.25, -0.2) is 4.98 Å². The third-order valence-corrected chi connectivity index (χ3v) is 5.65. The molecular formula is C22H28N6O. The first-order valence-electron chi connectivity index (χ1n) is 10.1. The van der Waals surface area contributed by atoms with E-state index >= 15 is 0 Å². The summed E-state index contributed by atoms with van der Waals surface area (Å²) in [6.07, 6.45) is 5.33. The van der Waals surface area contributed by atoms with Gasteiger partial charge in [-0.1, -0.05) is 13.8 Å². The van der Waals surface area contributed by atoms with E-state index in [4.69, 9.17) is 5.26 Å². The molecule has 1 fully saturated rings. The monoisotopic (exact) mass is 392 g/mol. The number of carbonyl (C=O) groups excluding carboxylic acids is 1. The summed E-state index contributed by atoms with van der Waals surface area (Å²) in [4.78, 5) is 18.9. The molecule has 152 valence electrons. The molecule has 1 aliphatic rings. The summed E-state index contributed by atoms with van der Waals surface area (Å²) in [6, 6.07) is 8.73. The van der Waals surface area contributed by atoms with Crippen LogP contribution in [-0.2, 0) is 0 Å². The number of hydrogen-bond acceptors (Lipinski definition) is 6. The SMILES string of the molecule is Cc1cc(N(C)C2CCC(NC(=O)c3cnc(C(C)C)nn3)CC2)ccc1C#N. The lowest BCUT2D eigenvalue weighted by Gasteiger charge is -2.36. The van der Waals surface area contributed by atoms with Crippen molar-refractivity contribution in [2.75, 3.05) is 11.9 Å². The zero-order chi connectivity index (χ0) is 21.0. The number of nitrogens with zero attached hydrogens (tertiary/aromatic N) is 5. The van der Waals surface area contributed by atoms with Crippen molar-refractivity contribution in [1.82, 2.24) is 20.5 Å². The van der Waals surface area contributed by atoms with Crippen molar-refractivity contribution >= 4 is 11.6 Å². The van der Waals surface area contributed by atoms with Gasteiger partial charge in [-0.15, -0.1) is 10.2 Å². The third-order valence-electron chi connectivity index (χ3n) is 5.65. The summed E-state index contributed by atoms with van der Waals surface area (Å²) in [5.41, 5.74) is 3.10. The molecule has 0 spiro atoms. The fourth-order valence-corrected chi connectivity index (χ4v) is 3.72. The summed E-state index contributed by atoms with van der Waals surface area (Å²) in [5.74, 6) is 0.620. The Labute approximate surface area is 172 Å². The van der Waals surface area contributed by atoms with Gasteiger partial charge in [0.2, 0.25) is 0 Å². The summed E-state index contributed by atoms with van der Waals surface area (Å²) in [5, 5.41) is 20.2. The number of hydrogen-bond donors (Lipinski definition) is 1. The van der Waals surface area contributed by atoms with Crippen LogP contribution in [0.4, 0.5) is 5.69 Å². The molecule has 0 radical (unpaired) electrons. The van der Waals surface area contributed by atoms with Gasteiger partial charge in [0.25, 0.3) is 5.91 Å². The van der Waals surface area contributed by atoms with Gasteiger partial charge in [0.05, 0.1) is 17.8 Å². The third kappa shape index (κ3) is 4.89. The van der Waals surface area contributed by atoms with Crippen molar-refractivity contribution < 1.29 is 4.79 Å². The quantitative estimate of drug-likeness (QED) is 0.838. The van der Waals surface area contributed by atoms with Gasteiger partial charge in [0.15, 0.2) is 11.5 Å². The largest absolute Gasteiger partial charge is 0.372 e. The van der Waals surface area contributed by atoms with Gasteiger partial charge < -0.3 is 10.2 Å². The van der Waals surface area contributed by atoms with E-state index in [1.807, 2.05) is 32.9 Å². The predicted octanol–water partition coefficient (Wildman–Crippen LogP) is 3.35. The molecule has 1 amide bonds. The number of anilines is 1. The fraction of sp³-hybridized carbons (Fsp3) is 0.500. The second-order valence-corrected chi connectivity index (χ2v) is 8.06. The van der Waals surface area contributed by atoms with Crippen LogP contribution in [-0.4, -0.2) is 40.2 Å². The second-order valence-electron chi connectivity index (χ2n) is 8.06. The van der Waals surface area contributed by atoms with Crippen LogP contribution in [0.25, 0.3) is 0 Å². The normalized spacial score (nSPS) is 18.9. The number of carbonyl (C=O) groups is 1. The van der Waals surface area contributed by atoms with Crippen LogP contribution < -0.4 is 10.2 Å². The molecule has 29 heavy (non-hydrogen) atoms. The van der Waals surface area contributed by atoms with Crippen molar-refractivity contribution in [3.63, 3.8) is 0 Å². The van der Waals surface area contributed by atoms with E-state index in [0.717, 1.165) is 36.9 Å². The zero-order valence-electron chi connectivity index (χ0n) is 17.5. The lowest BCUT2D eigenvalue weighted by molar-refractivity contribution is 0.0919. The molecule has 0 unspecified atom stereocenters. The first kappa shape index (κ1) is 20.7. The molecule has 0 atom stereocenters. The summed E-state index contributed by atoms with van der Waals surface area (Å²) in [7, 11) is 2.10. The molecule has 1 aromatic carbocycles. The molecular weight excluding hydrogens is 364 g/mol. The van der Waals surface area contributed by atoms with Crippen LogP contribution in [0, 0.1) is 18.3 Å².